The van der Waals surface area contributed by atoms with Crippen molar-refractivity contribution in [2.24, 2.45) is 0 Å². The second kappa shape index (κ2) is 7.23. The number of anilines is 1. The van der Waals surface area contributed by atoms with Gasteiger partial charge in [0.2, 0.25) is 0 Å². The zero-order chi connectivity index (χ0) is 17.9. The first-order chi connectivity index (χ1) is 12.0. The van der Waals surface area contributed by atoms with Crippen molar-refractivity contribution in [2.45, 2.75) is 26.4 Å². The van der Waals surface area contributed by atoms with Crippen molar-refractivity contribution < 1.29 is 9.53 Å². The third-order valence-electron chi connectivity index (χ3n) is 3.98. The van der Waals surface area contributed by atoms with Gasteiger partial charge in [-0.2, -0.15) is 0 Å². The lowest BCUT2D eigenvalue weighted by Crippen LogP contribution is -2.44. The first-order valence-electron chi connectivity index (χ1n) is 8.61. The highest BCUT2D eigenvalue weighted by atomic mass is 16.6. The Morgan fingerprint density at radius 2 is 1.88 bits per heavy atom. The van der Waals surface area contributed by atoms with Crippen LogP contribution in [0.1, 0.15) is 31.1 Å². The first-order valence-corrected chi connectivity index (χ1v) is 8.61. The Kier molecular flexibility index (Phi) is 5.04. The van der Waals surface area contributed by atoms with Crippen LogP contribution in [-0.4, -0.2) is 42.7 Å². The lowest BCUT2D eigenvalue weighted by Gasteiger charge is -2.32. The lowest BCUT2D eigenvalue weighted by molar-refractivity contribution is 0.00698. The van der Waals surface area contributed by atoms with Crippen molar-refractivity contribution in [3.8, 4) is 11.1 Å². The number of benzene rings is 1. The number of carbonyl (C=O) groups excluding carboxylic acids is 1. The minimum Gasteiger partial charge on any atom is -0.456 e. The highest BCUT2D eigenvalue weighted by molar-refractivity contribution is 6.00. The molecule has 5 nitrogen and oxygen atoms in total. The highest BCUT2D eigenvalue weighted by Gasteiger charge is 2.26. The Hall–Kier alpha value is -2.40. The predicted octanol–water partition coefficient (Wildman–Crippen LogP) is 2.91. The molecule has 0 atom stereocenters. The number of piperazine rings is 1. The monoisotopic (exact) mass is 338 g/mol. The molecule has 1 aliphatic heterocycles. The van der Waals surface area contributed by atoms with Crippen LogP contribution >= 0.6 is 0 Å². The Balaban J connectivity index is 2.09. The van der Waals surface area contributed by atoms with Gasteiger partial charge < -0.3 is 15.0 Å². The zero-order valence-corrected chi connectivity index (χ0v) is 15.0. The molecular formula is C20H24N3O2. The van der Waals surface area contributed by atoms with Gasteiger partial charge in [0.15, 0.2) is 0 Å². The third kappa shape index (κ3) is 4.17. The fourth-order valence-electron chi connectivity index (χ4n) is 2.92. The van der Waals surface area contributed by atoms with E-state index in [0.29, 0.717) is 5.56 Å². The number of hydrogen-bond donors (Lipinski definition) is 1. The number of ether oxygens (including phenoxy) is 1. The summed E-state index contributed by atoms with van der Waals surface area (Å²) >= 11 is 0. The maximum absolute atomic E-state index is 12.8. The van der Waals surface area contributed by atoms with Gasteiger partial charge in [0.25, 0.3) is 0 Å². The van der Waals surface area contributed by atoms with Crippen LogP contribution in [0.15, 0.2) is 36.5 Å². The predicted molar refractivity (Wildman–Crippen MR) is 98.8 cm³/mol. The van der Waals surface area contributed by atoms with Crippen LogP contribution in [0.25, 0.3) is 11.1 Å². The van der Waals surface area contributed by atoms with Gasteiger partial charge in [0, 0.05) is 37.9 Å². The van der Waals surface area contributed by atoms with Gasteiger partial charge >= 0.3 is 5.97 Å². The van der Waals surface area contributed by atoms with Crippen LogP contribution in [0.2, 0.25) is 0 Å². The summed E-state index contributed by atoms with van der Waals surface area (Å²) in [5.41, 5.74) is 2.63. The van der Waals surface area contributed by atoms with Gasteiger partial charge in [0.05, 0.1) is 11.9 Å². The van der Waals surface area contributed by atoms with E-state index in [-0.39, 0.29) is 5.97 Å². The number of esters is 1. The molecule has 1 N–H and O–H groups in total. The van der Waals surface area contributed by atoms with Gasteiger partial charge in [0.1, 0.15) is 11.2 Å². The normalized spacial score (nSPS) is 15.1. The SMILES string of the molecule is CC(C)(C)OC(=O)c1cn[c]c(-c2ccccc2)c1N1CCNCC1. The van der Waals surface area contributed by atoms with Gasteiger partial charge in [-0.05, 0) is 26.3 Å². The summed E-state index contributed by atoms with van der Waals surface area (Å²) in [7, 11) is 0. The molecular weight excluding hydrogens is 314 g/mol. The number of aromatic nitrogens is 1. The van der Waals surface area contributed by atoms with E-state index in [1.54, 1.807) is 6.20 Å². The summed E-state index contributed by atoms with van der Waals surface area (Å²) in [5.74, 6) is -0.347. The van der Waals surface area contributed by atoms with E-state index in [1.165, 1.54) is 0 Å². The fraction of sp³-hybridized carbons (Fsp3) is 0.400. The molecule has 0 amide bonds. The van der Waals surface area contributed by atoms with Crippen LogP contribution in [0.5, 0.6) is 0 Å². The van der Waals surface area contributed by atoms with Crippen LogP contribution < -0.4 is 10.2 Å². The molecule has 1 radical (unpaired) electrons. The van der Waals surface area contributed by atoms with E-state index in [4.69, 9.17) is 4.74 Å². The van der Waals surface area contributed by atoms with Gasteiger partial charge in [-0.3, -0.25) is 4.98 Å². The smallest absolute Gasteiger partial charge is 0.342 e. The Bertz CT molecular complexity index is 732. The summed E-state index contributed by atoms with van der Waals surface area (Å²) in [6.45, 7) is 9.03. The van der Waals surface area contributed by atoms with Crippen molar-refractivity contribution in [1.29, 1.82) is 0 Å². The van der Waals surface area contributed by atoms with Gasteiger partial charge in [-0.15, -0.1) is 0 Å². The number of pyridine rings is 1. The molecule has 2 heterocycles. The summed E-state index contributed by atoms with van der Waals surface area (Å²) < 4.78 is 5.61. The largest absolute Gasteiger partial charge is 0.456 e. The molecule has 1 saturated heterocycles. The second-order valence-corrected chi connectivity index (χ2v) is 7.11. The number of nitrogens with zero attached hydrogens (tertiary/aromatic N) is 2. The van der Waals surface area contributed by atoms with Crippen LogP contribution in [0.4, 0.5) is 5.69 Å². The topological polar surface area (TPSA) is 54.5 Å². The van der Waals surface area contributed by atoms with Crippen molar-refractivity contribution in [2.75, 3.05) is 31.1 Å². The lowest BCUT2D eigenvalue weighted by atomic mass is 10.0. The third-order valence-corrected chi connectivity index (χ3v) is 3.98. The number of rotatable bonds is 3. The molecule has 1 fully saturated rings. The van der Waals surface area contributed by atoms with Crippen molar-refractivity contribution in [1.82, 2.24) is 10.3 Å². The van der Waals surface area contributed by atoms with Crippen molar-refractivity contribution in [3.63, 3.8) is 0 Å². The zero-order valence-electron chi connectivity index (χ0n) is 15.0. The molecule has 0 unspecified atom stereocenters. The number of nitrogens with one attached hydrogen (secondary N) is 1. The van der Waals surface area contributed by atoms with Crippen molar-refractivity contribution >= 4 is 11.7 Å². The molecule has 0 aliphatic carbocycles. The number of carbonyl (C=O) groups is 1. The fourth-order valence-corrected chi connectivity index (χ4v) is 2.92. The van der Waals surface area contributed by atoms with E-state index in [2.05, 4.69) is 21.4 Å². The maximum Gasteiger partial charge on any atom is 0.342 e. The molecule has 0 bridgehead atoms. The summed E-state index contributed by atoms with van der Waals surface area (Å²) in [4.78, 5) is 19.2. The molecule has 25 heavy (non-hydrogen) atoms. The molecule has 1 aliphatic rings. The van der Waals surface area contributed by atoms with Crippen LogP contribution in [0.3, 0.4) is 0 Å². The van der Waals surface area contributed by atoms with E-state index in [0.717, 1.165) is 43.0 Å². The molecule has 0 saturated carbocycles. The summed E-state index contributed by atoms with van der Waals surface area (Å²) in [5, 5.41) is 3.35. The first kappa shape index (κ1) is 17.4. The molecule has 5 heteroatoms. The Morgan fingerprint density at radius 1 is 1.20 bits per heavy atom. The maximum atomic E-state index is 12.8. The van der Waals surface area contributed by atoms with E-state index in [9.17, 15) is 4.79 Å². The minimum absolute atomic E-state index is 0.347. The Labute approximate surface area is 149 Å². The van der Waals surface area contributed by atoms with E-state index in [1.807, 2.05) is 51.1 Å². The molecule has 2 aromatic rings. The minimum atomic E-state index is -0.551. The van der Waals surface area contributed by atoms with Crippen molar-refractivity contribution in [3.05, 3.63) is 48.3 Å². The van der Waals surface area contributed by atoms with Crippen LogP contribution in [-0.2, 0) is 4.74 Å². The van der Waals surface area contributed by atoms with Gasteiger partial charge in [-0.1, -0.05) is 30.3 Å². The van der Waals surface area contributed by atoms with Gasteiger partial charge in [-0.25, -0.2) is 4.79 Å². The van der Waals surface area contributed by atoms with E-state index < -0.39 is 5.60 Å². The average molecular weight is 338 g/mol. The molecule has 1 aromatic heterocycles. The van der Waals surface area contributed by atoms with E-state index >= 15 is 0 Å². The Morgan fingerprint density at radius 3 is 2.52 bits per heavy atom. The second-order valence-electron chi connectivity index (χ2n) is 7.11. The number of hydrogen-bond acceptors (Lipinski definition) is 5. The summed E-state index contributed by atoms with van der Waals surface area (Å²) in [6.07, 6.45) is 4.66. The average Bonchev–Trinajstić information content (AvgIpc) is 2.61. The molecule has 131 valence electrons. The summed E-state index contributed by atoms with van der Waals surface area (Å²) in [6, 6.07) is 9.95. The molecule has 3 rings (SSSR count). The molecule has 0 spiro atoms. The molecule has 1 aromatic carbocycles. The van der Waals surface area contributed by atoms with Crippen LogP contribution in [0, 0.1) is 6.20 Å². The highest BCUT2D eigenvalue weighted by Crippen LogP contribution is 2.34. The quantitative estimate of drug-likeness (QED) is 0.872. The standard InChI is InChI=1S/C20H24N3O2/c1-20(2,3)25-19(24)17-14-22-13-16(15-7-5-4-6-8-15)18(17)23-11-9-21-10-12-23/h4-8,14,21H,9-12H2,1-3H3.